The molecule has 6 nitrogen and oxygen atoms in total. The van der Waals surface area contributed by atoms with E-state index in [1.165, 1.54) is 25.7 Å². The Morgan fingerprint density at radius 2 is 1.96 bits per heavy atom. The van der Waals surface area contributed by atoms with E-state index < -0.39 is 0 Å². The van der Waals surface area contributed by atoms with Crippen molar-refractivity contribution in [1.82, 2.24) is 19.9 Å². The second-order valence-corrected chi connectivity index (χ2v) is 6.92. The van der Waals surface area contributed by atoms with E-state index in [0.29, 0.717) is 30.2 Å². The van der Waals surface area contributed by atoms with Crippen molar-refractivity contribution in [2.24, 2.45) is 5.92 Å². The zero-order chi connectivity index (χ0) is 17.1. The molecule has 0 radical (unpaired) electrons. The number of anilines is 1. The van der Waals surface area contributed by atoms with Crippen molar-refractivity contribution in [2.75, 3.05) is 18.4 Å². The molecule has 1 saturated heterocycles. The van der Waals surface area contributed by atoms with E-state index in [2.05, 4.69) is 25.2 Å². The molecule has 2 aromatic heterocycles. The number of hydrogen-bond donors (Lipinski definition) is 1. The Balaban J connectivity index is 1.36. The number of nitrogens with one attached hydrogen (secondary N) is 1. The highest BCUT2D eigenvalue weighted by Gasteiger charge is 2.35. The Kier molecular flexibility index (Phi) is 4.59. The molecule has 0 unspecified atom stereocenters. The molecule has 0 bridgehead atoms. The normalized spacial score (nSPS) is 21.0. The van der Waals surface area contributed by atoms with Gasteiger partial charge in [-0.15, -0.1) is 0 Å². The van der Waals surface area contributed by atoms with Gasteiger partial charge in [0.2, 0.25) is 11.9 Å². The van der Waals surface area contributed by atoms with Crippen LogP contribution in [0.15, 0.2) is 36.7 Å². The van der Waals surface area contributed by atoms with Crippen LogP contribution in [0.25, 0.3) is 11.4 Å². The standard InChI is InChI=1S/C19H23N5O/c25-18-11-14(13-24(18)15-5-1-2-6-15)12-22-19-21-10-8-17(23-19)16-7-3-4-9-20-16/h3-4,7-10,14-15H,1-2,5-6,11-13H2,(H,21,22,23)/t14-/m1/s1. The molecule has 4 rings (SSSR count). The third-order valence-corrected chi connectivity index (χ3v) is 5.14. The minimum Gasteiger partial charge on any atom is -0.354 e. The zero-order valence-corrected chi connectivity index (χ0v) is 14.3. The van der Waals surface area contributed by atoms with Gasteiger partial charge in [-0.2, -0.15) is 0 Å². The minimum absolute atomic E-state index is 0.307. The van der Waals surface area contributed by atoms with Crippen LogP contribution >= 0.6 is 0 Å². The van der Waals surface area contributed by atoms with E-state index in [1.54, 1.807) is 12.4 Å². The first-order valence-corrected chi connectivity index (χ1v) is 9.07. The van der Waals surface area contributed by atoms with Crippen LogP contribution in [0.2, 0.25) is 0 Å². The summed E-state index contributed by atoms with van der Waals surface area (Å²) in [6.07, 6.45) is 8.97. The minimum atomic E-state index is 0.307. The van der Waals surface area contributed by atoms with Gasteiger partial charge in [-0.3, -0.25) is 9.78 Å². The van der Waals surface area contributed by atoms with Gasteiger partial charge in [0.25, 0.3) is 0 Å². The van der Waals surface area contributed by atoms with Crippen molar-refractivity contribution in [1.29, 1.82) is 0 Å². The lowest BCUT2D eigenvalue weighted by molar-refractivity contribution is -0.129. The number of likely N-dealkylation sites (tertiary alicyclic amines) is 1. The van der Waals surface area contributed by atoms with Gasteiger partial charge < -0.3 is 10.2 Å². The van der Waals surface area contributed by atoms with Crippen LogP contribution in [0.3, 0.4) is 0 Å². The Hall–Kier alpha value is -2.50. The lowest BCUT2D eigenvalue weighted by Gasteiger charge is -2.24. The predicted octanol–water partition coefficient (Wildman–Crippen LogP) is 2.74. The van der Waals surface area contributed by atoms with E-state index in [1.807, 2.05) is 24.3 Å². The van der Waals surface area contributed by atoms with Crippen LogP contribution in [0.4, 0.5) is 5.95 Å². The van der Waals surface area contributed by atoms with Gasteiger partial charge in [0.15, 0.2) is 0 Å². The lowest BCUT2D eigenvalue weighted by Crippen LogP contribution is -2.34. The maximum atomic E-state index is 12.3. The molecule has 0 spiro atoms. The number of nitrogens with zero attached hydrogens (tertiary/aromatic N) is 4. The molecule has 0 aromatic carbocycles. The largest absolute Gasteiger partial charge is 0.354 e. The Labute approximate surface area is 147 Å². The summed E-state index contributed by atoms with van der Waals surface area (Å²) in [5.74, 6) is 1.23. The van der Waals surface area contributed by atoms with Crippen molar-refractivity contribution in [3.05, 3.63) is 36.7 Å². The maximum Gasteiger partial charge on any atom is 0.223 e. The molecular formula is C19H23N5O. The van der Waals surface area contributed by atoms with Gasteiger partial charge in [0.05, 0.1) is 11.4 Å². The van der Waals surface area contributed by atoms with Crippen molar-refractivity contribution in [3.8, 4) is 11.4 Å². The maximum absolute atomic E-state index is 12.3. The van der Waals surface area contributed by atoms with Crippen molar-refractivity contribution in [3.63, 3.8) is 0 Å². The summed E-state index contributed by atoms with van der Waals surface area (Å²) in [5.41, 5.74) is 1.63. The number of aromatic nitrogens is 3. The fraction of sp³-hybridized carbons (Fsp3) is 0.474. The molecule has 130 valence electrons. The Morgan fingerprint density at radius 1 is 1.08 bits per heavy atom. The first kappa shape index (κ1) is 16.0. The number of carbonyl (C=O) groups is 1. The van der Waals surface area contributed by atoms with Gasteiger partial charge in [-0.1, -0.05) is 18.9 Å². The van der Waals surface area contributed by atoms with Crippen LogP contribution in [0, 0.1) is 5.92 Å². The average molecular weight is 337 g/mol. The Bertz CT molecular complexity index is 730. The second kappa shape index (κ2) is 7.17. The summed E-state index contributed by atoms with van der Waals surface area (Å²) in [4.78, 5) is 27.5. The van der Waals surface area contributed by atoms with Crippen molar-refractivity contribution in [2.45, 2.75) is 38.1 Å². The van der Waals surface area contributed by atoms with Crippen molar-refractivity contribution < 1.29 is 4.79 Å². The third-order valence-electron chi connectivity index (χ3n) is 5.14. The van der Waals surface area contributed by atoms with E-state index in [-0.39, 0.29) is 0 Å². The number of rotatable bonds is 5. The van der Waals surface area contributed by atoms with Crippen molar-refractivity contribution >= 4 is 11.9 Å². The van der Waals surface area contributed by atoms with E-state index >= 15 is 0 Å². The highest BCUT2D eigenvalue weighted by Crippen LogP contribution is 2.29. The van der Waals surface area contributed by atoms with E-state index in [9.17, 15) is 4.79 Å². The van der Waals surface area contributed by atoms with E-state index in [0.717, 1.165) is 24.5 Å². The SMILES string of the molecule is O=C1C[C@H](CNc2nccc(-c3ccccn3)n2)CN1C1CCCC1. The fourth-order valence-corrected chi connectivity index (χ4v) is 3.85. The van der Waals surface area contributed by atoms with Crippen LogP contribution in [0.5, 0.6) is 0 Å². The number of pyridine rings is 1. The van der Waals surface area contributed by atoms with Crippen LogP contribution < -0.4 is 5.32 Å². The van der Waals surface area contributed by atoms with Gasteiger partial charge in [0.1, 0.15) is 0 Å². The average Bonchev–Trinajstić information content (AvgIpc) is 3.30. The molecule has 1 aliphatic carbocycles. The molecular weight excluding hydrogens is 314 g/mol. The van der Waals surface area contributed by atoms with Gasteiger partial charge in [-0.25, -0.2) is 9.97 Å². The summed E-state index contributed by atoms with van der Waals surface area (Å²) >= 11 is 0. The molecule has 1 saturated carbocycles. The monoisotopic (exact) mass is 337 g/mol. The van der Waals surface area contributed by atoms with Crippen LogP contribution in [0.1, 0.15) is 32.1 Å². The highest BCUT2D eigenvalue weighted by atomic mass is 16.2. The molecule has 3 heterocycles. The van der Waals surface area contributed by atoms with Gasteiger partial charge in [-0.05, 0) is 31.0 Å². The molecule has 1 N–H and O–H groups in total. The summed E-state index contributed by atoms with van der Waals surface area (Å²) in [5, 5.41) is 3.30. The smallest absolute Gasteiger partial charge is 0.223 e. The topological polar surface area (TPSA) is 71.0 Å². The van der Waals surface area contributed by atoms with Gasteiger partial charge >= 0.3 is 0 Å². The molecule has 2 aromatic rings. The fourth-order valence-electron chi connectivity index (χ4n) is 3.85. The number of hydrogen-bond acceptors (Lipinski definition) is 5. The van der Waals surface area contributed by atoms with Crippen LogP contribution in [-0.2, 0) is 4.79 Å². The molecule has 1 atom stereocenters. The predicted molar refractivity (Wildman–Crippen MR) is 95.8 cm³/mol. The Morgan fingerprint density at radius 3 is 2.76 bits per heavy atom. The van der Waals surface area contributed by atoms with E-state index in [4.69, 9.17) is 0 Å². The summed E-state index contributed by atoms with van der Waals surface area (Å²) in [7, 11) is 0. The lowest BCUT2D eigenvalue weighted by atomic mass is 10.1. The summed E-state index contributed by atoms with van der Waals surface area (Å²) < 4.78 is 0. The third kappa shape index (κ3) is 3.62. The molecule has 2 fully saturated rings. The number of amides is 1. The summed E-state index contributed by atoms with van der Waals surface area (Å²) in [6.45, 7) is 1.58. The molecule has 6 heteroatoms. The van der Waals surface area contributed by atoms with Gasteiger partial charge in [0, 0.05) is 43.9 Å². The molecule has 25 heavy (non-hydrogen) atoms. The quantitative estimate of drug-likeness (QED) is 0.908. The summed E-state index contributed by atoms with van der Waals surface area (Å²) in [6, 6.07) is 8.09. The zero-order valence-electron chi connectivity index (χ0n) is 14.3. The molecule has 2 aliphatic rings. The first-order chi connectivity index (χ1) is 12.3. The van der Waals surface area contributed by atoms with Crippen LogP contribution in [-0.4, -0.2) is 44.9 Å². The second-order valence-electron chi connectivity index (χ2n) is 6.92. The highest BCUT2D eigenvalue weighted by molar-refractivity contribution is 5.79. The number of carbonyl (C=O) groups excluding carboxylic acids is 1. The molecule has 1 amide bonds. The first-order valence-electron chi connectivity index (χ1n) is 9.07. The molecule has 1 aliphatic heterocycles.